The number of hydrogen-bond acceptors (Lipinski definition) is 5. The van der Waals surface area contributed by atoms with Crippen LogP contribution in [0.1, 0.15) is 19.8 Å². The minimum atomic E-state index is -0.294. The van der Waals surface area contributed by atoms with E-state index in [1.54, 1.807) is 13.3 Å². The summed E-state index contributed by atoms with van der Waals surface area (Å²) in [6.07, 6.45) is 3.64. The normalized spacial score (nSPS) is 17.7. The maximum atomic E-state index is 12.1. The van der Waals surface area contributed by atoms with Crippen molar-refractivity contribution < 1.29 is 9.47 Å². The molecule has 0 radical (unpaired) electrons. The molecule has 0 aliphatic carbocycles. The van der Waals surface area contributed by atoms with Gasteiger partial charge in [0, 0.05) is 26.4 Å². The molecule has 1 atom stereocenters. The number of ether oxygens (including phenoxy) is 2. The summed E-state index contributed by atoms with van der Waals surface area (Å²) >= 11 is 6.16. The minimum absolute atomic E-state index is 0.181. The summed E-state index contributed by atoms with van der Waals surface area (Å²) in [6, 6.07) is 0.224. The fourth-order valence-electron chi connectivity index (χ4n) is 2.48. The third kappa shape index (κ3) is 4.18. The molecular formula is C14H22ClN3O3. The average molecular weight is 316 g/mol. The van der Waals surface area contributed by atoms with Crippen LogP contribution < -0.4 is 10.9 Å². The van der Waals surface area contributed by atoms with Crippen molar-refractivity contribution in [1.82, 2.24) is 9.78 Å². The zero-order valence-corrected chi connectivity index (χ0v) is 13.2. The number of aromatic nitrogens is 2. The van der Waals surface area contributed by atoms with Gasteiger partial charge in [-0.15, -0.1) is 0 Å². The Kier molecular flexibility index (Phi) is 6.02. The highest BCUT2D eigenvalue weighted by Crippen LogP contribution is 2.23. The number of nitrogens with zero attached hydrogens (tertiary/aromatic N) is 2. The van der Waals surface area contributed by atoms with E-state index in [1.807, 2.05) is 0 Å². The standard InChI is InChI=1S/C14H22ClN3O3/c1-10(11-3-6-21-7-4-11)17-12-9-16-18(5-8-20-2)14(19)13(12)15/h9-11,17H,3-8H2,1-2H3. The van der Waals surface area contributed by atoms with Gasteiger partial charge >= 0.3 is 0 Å². The Balaban J connectivity index is 2.06. The zero-order chi connectivity index (χ0) is 15.2. The lowest BCUT2D eigenvalue weighted by molar-refractivity contribution is 0.0622. The fourth-order valence-corrected chi connectivity index (χ4v) is 2.68. The molecule has 7 heteroatoms. The molecule has 0 spiro atoms. The van der Waals surface area contributed by atoms with E-state index in [-0.39, 0.29) is 16.6 Å². The molecule has 1 unspecified atom stereocenters. The molecule has 1 aromatic heterocycles. The first-order valence-electron chi connectivity index (χ1n) is 7.22. The maximum Gasteiger partial charge on any atom is 0.287 e. The van der Waals surface area contributed by atoms with Gasteiger partial charge in [-0.05, 0) is 25.7 Å². The lowest BCUT2D eigenvalue weighted by Crippen LogP contribution is -2.32. The van der Waals surface area contributed by atoms with E-state index in [0.29, 0.717) is 24.8 Å². The lowest BCUT2D eigenvalue weighted by atomic mass is 9.93. The summed E-state index contributed by atoms with van der Waals surface area (Å²) in [4.78, 5) is 12.1. The van der Waals surface area contributed by atoms with E-state index < -0.39 is 0 Å². The van der Waals surface area contributed by atoms with Crippen LogP contribution in [0.5, 0.6) is 0 Å². The number of nitrogens with one attached hydrogen (secondary N) is 1. The van der Waals surface area contributed by atoms with Gasteiger partial charge in [0.15, 0.2) is 0 Å². The Hall–Kier alpha value is -1.11. The summed E-state index contributed by atoms with van der Waals surface area (Å²) in [5.74, 6) is 0.519. The first kappa shape index (κ1) is 16.3. The van der Waals surface area contributed by atoms with Crippen LogP contribution in [0.3, 0.4) is 0 Å². The number of hydrogen-bond donors (Lipinski definition) is 1. The summed E-state index contributed by atoms with van der Waals surface area (Å²) in [6.45, 7) is 4.50. The molecule has 6 nitrogen and oxygen atoms in total. The Bertz CT molecular complexity index is 515. The van der Waals surface area contributed by atoms with Gasteiger partial charge in [-0.2, -0.15) is 5.10 Å². The van der Waals surface area contributed by atoms with E-state index in [9.17, 15) is 4.79 Å². The van der Waals surface area contributed by atoms with Gasteiger partial charge in [-0.25, -0.2) is 4.68 Å². The molecule has 0 aromatic carbocycles. The number of anilines is 1. The molecule has 0 amide bonds. The highest BCUT2D eigenvalue weighted by atomic mass is 35.5. The van der Waals surface area contributed by atoms with Gasteiger partial charge in [0.2, 0.25) is 0 Å². The summed E-state index contributed by atoms with van der Waals surface area (Å²) < 4.78 is 11.6. The largest absolute Gasteiger partial charge is 0.383 e. The highest BCUT2D eigenvalue weighted by molar-refractivity contribution is 6.32. The maximum absolute atomic E-state index is 12.1. The molecular weight excluding hydrogens is 294 g/mol. The van der Waals surface area contributed by atoms with Gasteiger partial charge in [0.25, 0.3) is 5.56 Å². The third-order valence-corrected chi connectivity index (χ3v) is 4.21. The third-order valence-electron chi connectivity index (χ3n) is 3.85. The molecule has 1 aliphatic heterocycles. The van der Waals surface area contributed by atoms with Gasteiger partial charge in [-0.3, -0.25) is 4.79 Å². The lowest BCUT2D eigenvalue weighted by Gasteiger charge is -2.29. The molecule has 1 aromatic rings. The number of halogens is 1. The number of methoxy groups -OCH3 is 1. The van der Waals surface area contributed by atoms with Gasteiger partial charge in [0.1, 0.15) is 5.02 Å². The van der Waals surface area contributed by atoms with E-state index >= 15 is 0 Å². The smallest absolute Gasteiger partial charge is 0.287 e. The molecule has 21 heavy (non-hydrogen) atoms. The second-order valence-corrected chi connectivity index (χ2v) is 5.65. The van der Waals surface area contributed by atoms with Gasteiger partial charge < -0.3 is 14.8 Å². The van der Waals surface area contributed by atoms with Crippen molar-refractivity contribution in [1.29, 1.82) is 0 Å². The van der Waals surface area contributed by atoms with Crippen molar-refractivity contribution in [3.8, 4) is 0 Å². The van der Waals surface area contributed by atoms with Crippen molar-refractivity contribution in [2.24, 2.45) is 5.92 Å². The molecule has 118 valence electrons. The van der Waals surface area contributed by atoms with E-state index in [0.717, 1.165) is 26.1 Å². The molecule has 2 rings (SSSR count). The molecule has 0 saturated carbocycles. The van der Waals surface area contributed by atoms with Crippen LogP contribution in [0.2, 0.25) is 5.02 Å². The summed E-state index contributed by atoms with van der Waals surface area (Å²) in [5.41, 5.74) is 0.298. The summed E-state index contributed by atoms with van der Waals surface area (Å²) in [7, 11) is 1.58. The van der Waals surface area contributed by atoms with Crippen molar-refractivity contribution in [2.45, 2.75) is 32.4 Å². The van der Waals surface area contributed by atoms with Crippen molar-refractivity contribution in [3.05, 3.63) is 21.6 Å². The Morgan fingerprint density at radius 1 is 1.57 bits per heavy atom. The highest BCUT2D eigenvalue weighted by Gasteiger charge is 2.21. The molecule has 0 bridgehead atoms. The monoisotopic (exact) mass is 315 g/mol. The average Bonchev–Trinajstić information content (AvgIpc) is 2.52. The predicted octanol–water partition coefficient (Wildman–Crippen LogP) is 1.77. The quantitative estimate of drug-likeness (QED) is 0.866. The van der Waals surface area contributed by atoms with Crippen LogP contribution in [0.25, 0.3) is 0 Å². The molecule has 1 aliphatic rings. The minimum Gasteiger partial charge on any atom is -0.383 e. The van der Waals surface area contributed by atoms with Crippen LogP contribution in [0.4, 0.5) is 5.69 Å². The van der Waals surface area contributed by atoms with E-state index in [2.05, 4.69) is 17.3 Å². The molecule has 1 saturated heterocycles. The van der Waals surface area contributed by atoms with E-state index in [1.165, 1.54) is 4.68 Å². The van der Waals surface area contributed by atoms with Crippen LogP contribution in [-0.2, 0) is 16.0 Å². The second-order valence-electron chi connectivity index (χ2n) is 5.28. The van der Waals surface area contributed by atoms with Crippen LogP contribution in [-0.4, -0.2) is 42.8 Å². The predicted molar refractivity (Wildman–Crippen MR) is 82.0 cm³/mol. The molecule has 1 N–H and O–H groups in total. The second kappa shape index (κ2) is 7.77. The summed E-state index contributed by atoms with van der Waals surface area (Å²) in [5, 5.41) is 7.62. The first-order chi connectivity index (χ1) is 10.1. The van der Waals surface area contributed by atoms with Crippen LogP contribution in [0.15, 0.2) is 11.0 Å². The first-order valence-corrected chi connectivity index (χ1v) is 7.60. The number of rotatable bonds is 6. The Morgan fingerprint density at radius 3 is 2.95 bits per heavy atom. The molecule has 2 heterocycles. The molecule has 1 fully saturated rings. The van der Waals surface area contributed by atoms with Crippen molar-refractivity contribution in [2.75, 3.05) is 32.2 Å². The fraction of sp³-hybridized carbons (Fsp3) is 0.714. The Morgan fingerprint density at radius 2 is 2.29 bits per heavy atom. The van der Waals surface area contributed by atoms with Crippen LogP contribution >= 0.6 is 11.6 Å². The van der Waals surface area contributed by atoms with Gasteiger partial charge in [0.05, 0.1) is 25.0 Å². The van der Waals surface area contributed by atoms with Gasteiger partial charge in [-0.1, -0.05) is 11.6 Å². The van der Waals surface area contributed by atoms with E-state index in [4.69, 9.17) is 21.1 Å². The SMILES string of the molecule is COCCn1ncc(NC(C)C2CCOCC2)c(Cl)c1=O. The van der Waals surface area contributed by atoms with Crippen LogP contribution in [0, 0.1) is 5.92 Å². The Labute approximate surface area is 129 Å². The zero-order valence-electron chi connectivity index (χ0n) is 12.5. The van der Waals surface area contributed by atoms with Crippen molar-refractivity contribution in [3.63, 3.8) is 0 Å². The van der Waals surface area contributed by atoms with Crippen molar-refractivity contribution >= 4 is 17.3 Å². The topological polar surface area (TPSA) is 65.4 Å².